The summed E-state index contributed by atoms with van der Waals surface area (Å²) in [5.41, 5.74) is 0. The Kier molecular flexibility index (Phi) is 8.05. The SMILES string of the molecule is CNCCCCNC(=O)CNC. The molecule has 12 heavy (non-hydrogen) atoms. The number of rotatable bonds is 7. The van der Waals surface area contributed by atoms with Gasteiger partial charge in [-0.1, -0.05) is 0 Å². The molecular formula is C8H19N3O. The van der Waals surface area contributed by atoms with Gasteiger partial charge in [-0.2, -0.15) is 0 Å². The summed E-state index contributed by atoms with van der Waals surface area (Å²) in [5, 5.41) is 8.66. The van der Waals surface area contributed by atoms with Crippen molar-refractivity contribution in [1.82, 2.24) is 16.0 Å². The van der Waals surface area contributed by atoms with Gasteiger partial charge in [0.1, 0.15) is 0 Å². The normalized spacial score (nSPS) is 9.83. The van der Waals surface area contributed by atoms with E-state index in [-0.39, 0.29) is 5.91 Å². The van der Waals surface area contributed by atoms with Crippen molar-refractivity contribution in [3.05, 3.63) is 0 Å². The van der Waals surface area contributed by atoms with Crippen LogP contribution in [0.4, 0.5) is 0 Å². The van der Waals surface area contributed by atoms with E-state index < -0.39 is 0 Å². The molecule has 0 rings (SSSR count). The molecule has 0 radical (unpaired) electrons. The van der Waals surface area contributed by atoms with Gasteiger partial charge in [-0.25, -0.2) is 0 Å². The molecule has 0 saturated heterocycles. The second-order valence-corrected chi connectivity index (χ2v) is 2.69. The van der Waals surface area contributed by atoms with Crippen molar-refractivity contribution < 1.29 is 4.79 Å². The van der Waals surface area contributed by atoms with Crippen LogP contribution in [0.2, 0.25) is 0 Å². The lowest BCUT2D eigenvalue weighted by atomic mass is 10.3. The fraction of sp³-hybridized carbons (Fsp3) is 0.875. The maximum Gasteiger partial charge on any atom is 0.233 e. The van der Waals surface area contributed by atoms with E-state index in [4.69, 9.17) is 0 Å². The molecule has 0 heterocycles. The molecule has 0 fully saturated rings. The molecule has 72 valence electrons. The molecule has 0 spiro atoms. The molecule has 0 unspecified atom stereocenters. The third-order valence-electron chi connectivity index (χ3n) is 1.51. The first-order chi connectivity index (χ1) is 5.81. The number of amides is 1. The lowest BCUT2D eigenvalue weighted by Gasteiger charge is -2.03. The highest BCUT2D eigenvalue weighted by molar-refractivity contribution is 5.77. The van der Waals surface area contributed by atoms with Gasteiger partial charge in [0.05, 0.1) is 6.54 Å². The Morgan fingerprint density at radius 1 is 1.08 bits per heavy atom. The molecule has 1 amide bonds. The molecule has 4 nitrogen and oxygen atoms in total. The van der Waals surface area contributed by atoms with Gasteiger partial charge in [-0.15, -0.1) is 0 Å². The monoisotopic (exact) mass is 173 g/mol. The average Bonchev–Trinajstić information content (AvgIpc) is 2.05. The first kappa shape index (κ1) is 11.4. The van der Waals surface area contributed by atoms with Crippen molar-refractivity contribution >= 4 is 5.91 Å². The van der Waals surface area contributed by atoms with Crippen LogP contribution in [-0.2, 0) is 4.79 Å². The van der Waals surface area contributed by atoms with Crippen LogP contribution in [0, 0.1) is 0 Å². The summed E-state index contributed by atoms with van der Waals surface area (Å²) in [6.45, 7) is 2.20. The Bertz CT molecular complexity index is 117. The fourth-order valence-electron chi connectivity index (χ4n) is 0.878. The van der Waals surface area contributed by atoms with E-state index >= 15 is 0 Å². The summed E-state index contributed by atoms with van der Waals surface area (Å²) >= 11 is 0. The number of hydrogen-bond acceptors (Lipinski definition) is 3. The van der Waals surface area contributed by atoms with E-state index in [1.54, 1.807) is 7.05 Å². The smallest absolute Gasteiger partial charge is 0.233 e. The third-order valence-corrected chi connectivity index (χ3v) is 1.51. The Morgan fingerprint density at radius 2 is 1.75 bits per heavy atom. The zero-order chi connectivity index (χ0) is 9.23. The van der Waals surface area contributed by atoms with Crippen LogP contribution < -0.4 is 16.0 Å². The van der Waals surface area contributed by atoms with Crippen LogP contribution in [0.15, 0.2) is 0 Å². The van der Waals surface area contributed by atoms with Gasteiger partial charge in [0, 0.05) is 6.54 Å². The van der Waals surface area contributed by atoms with E-state index in [0.29, 0.717) is 6.54 Å². The predicted octanol–water partition coefficient (Wildman–Crippen LogP) is -0.678. The first-order valence-corrected chi connectivity index (χ1v) is 4.37. The minimum absolute atomic E-state index is 0.0713. The maximum absolute atomic E-state index is 10.9. The number of carbonyl (C=O) groups is 1. The van der Waals surface area contributed by atoms with E-state index in [2.05, 4.69) is 16.0 Å². The van der Waals surface area contributed by atoms with Crippen molar-refractivity contribution in [2.75, 3.05) is 33.7 Å². The van der Waals surface area contributed by atoms with Gasteiger partial charge in [-0.05, 0) is 33.5 Å². The Hall–Kier alpha value is -0.610. The van der Waals surface area contributed by atoms with Gasteiger partial charge >= 0.3 is 0 Å². The van der Waals surface area contributed by atoms with Crippen molar-refractivity contribution in [2.45, 2.75) is 12.8 Å². The molecule has 0 bridgehead atoms. The summed E-state index contributed by atoms with van der Waals surface area (Å²) in [5.74, 6) is 0.0713. The van der Waals surface area contributed by atoms with E-state index in [1.165, 1.54) is 0 Å². The minimum atomic E-state index is 0.0713. The lowest BCUT2D eigenvalue weighted by Crippen LogP contribution is -2.32. The standard InChI is InChI=1S/C8H19N3O/c1-9-5-3-4-6-11-8(12)7-10-2/h9-10H,3-7H2,1-2H3,(H,11,12). The molecule has 0 aliphatic heterocycles. The highest BCUT2D eigenvalue weighted by Gasteiger charge is 1.95. The first-order valence-electron chi connectivity index (χ1n) is 4.37. The summed E-state index contributed by atoms with van der Waals surface area (Å²) in [7, 11) is 3.69. The summed E-state index contributed by atoms with van der Waals surface area (Å²) in [4.78, 5) is 10.9. The lowest BCUT2D eigenvalue weighted by molar-refractivity contribution is -0.120. The Morgan fingerprint density at radius 3 is 2.33 bits per heavy atom. The highest BCUT2D eigenvalue weighted by Crippen LogP contribution is 1.82. The van der Waals surface area contributed by atoms with Crippen molar-refractivity contribution in [1.29, 1.82) is 0 Å². The zero-order valence-electron chi connectivity index (χ0n) is 7.94. The van der Waals surface area contributed by atoms with Crippen LogP contribution in [0.25, 0.3) is 0 Å². The number of likely N-dealkylation sites (N-methyl/N-ethyl adjacent to an activating group) is 1. The second kappa shape index (κ2) is 8.49. The number of hydrogen-bond donors (Lipinski definition) is 3. The Labute approximate surface area is 74.1 Å². The molecule has 0 aromatic carbocycles. The van der Waals surface area contributed by atoms with Crippen molar-refractivity contribution in [3.63, 3.8) is 0 Å². The summed E-state index contributed by atoms with van der Waals surface area (Å²) in [6, 6.07) is 0. The van der Waals surface area contributed by atoms with Gasteiger partial charge in [0.15, 0.2) is 0 Å². The van der Waals surface area contributed by atoms with E-state index in [9.17, 15) is 4.79 Å². The molecule has 0 aromatic heterocycles. The summed E-state index contributed by atoms with van der Waals surface area (Å²) in [6.07, 6.45) is 2.15. The van der Waals surface area contributed by atoms with E-state index in [1.807, 2.05) is 7.05 Å². The average molecular weight is 173 g/mol. The molecule has 0 saturated carbocycles. The number of unbranched alkanes of at least 4 members (excludes halogenated alkanes) is 1. The largest absolute Gasteiger partial charge is 0.355 e. The second-order valence-electron chi connectivity index (χ2n) is 2.69. The quantitative estimate of drug-likeness (QED) is 0.447. The van der Waals surface area contributed by atoms with Crippen LogP contribution in [0.1, 0.15) is 12.8 Å². The van der Waals surface area contributed by atoms with Gasteiger partial charge in [-0.3, -0.25) is 4.79 Å². The van der Waals surface area contributed by atoms with Gasteiger partial charge in [0.2, 0.25) is 5.91 Å². The molecule has 0 atom stereocenters. The Balaban J connectivity index is 3.03. The molecular weight excluding hydrogens is 154 g/mol. The number of carbonyl (C=O) groups excluding carboxylic acids is 1. The highest BCUT2D eigenvalue weighted by atomic mass is 16.1. The molecule has 0 aliphatic carbocycles. The third kappa shape index (κ3) is 7.50. The number of nitrogens with one attached hydrogen (secondary N) is 3. The van der Waals surface area contributed by atoms with Crippen molar-refractivity contribution in [2.24, 2.45) is 0 Å². The van der Waals surface area contributed by atoms with Crippen LogP contribution >= 0.6 is 0 Å². The molecule has 4 heteroatoms. The van der Waals surface area contributed by atoms with Crippen LogP contribution in [0.3, 0.4) is 0 Å². The van der Waals surface area contributed by atoms with Gasteiger partial charge < -0.3 is 16.0 Å². The summed E-state index contributed by atoms with van der Waals surface area (Å²) < 4.78 is 0. The fourth-order valence-corrected chi connectivity index (χ4v) is 0.878. The molecule has 3 N–H and O–H groups in total. The van der Waals surface area contributed by atoms with Crippen LogP contribution in [0.5, 0.6) is 0 Å². The predicted molar refractivity (Wildman–Crippen MR) is 50.1 cm³/mol. The van der Waals surface area contributed by atoms with E-state index in [0.717, 1.165) is 25.9 Å². The minimum Gasteiger partial charge on any atom is -0.355 e. The molecule has 0 aliphatic rings. The van der Waals surface area contributed by atoms with Crippen LogP contribution in [-0.4, -0.2) is 39.6 Å². The topological polar surface area (TPSA) is 53.2 Å². The molecule has 0 aromatic rings. The van der Waals surface area contributed by atoms with Crippen molar-refractivity contribution in [3.8, 4) is 0 Å². The zero-order valence-corrected chi connectivity index (χ0v) is 7.94. The van der Waals surface area contributed by atoms with Gasteiger partial charge in [0.25, 0.3) is 0 Å². The maximum atomic E-state index is 10.9.